The monoisotopic (exact) mass is 415 g/mol. The summed E-state index contributed by atoms with van der Waals surface area (Å²) in [6.07, 6.45) is -0.644. The molecule has 0 radical (unpaired) electrons. The third-order valence-corrected chi connectivity index (χ3v) is 5.94. The molecule has 3 heterocycles. The van der Waals surface area contributed by atoms with E-state index in [1.165, 1.54) is 4.90 Å². The number of nitrogens with zero attached hydrogens (tertiary/aromatic N) is 3. The van der Waals surface area contributed by atoms with Crippen LogP contribution in [0.5, 0.6) is 0 Å². The number of aromatic nitrogens is 2. The minimum Gasteiger partial charge on any atom is -0.350 e. The van der Waals surface area contributed by atoms with Gasteiger partial charge in [0.25, 0.3) is 11.8 Å². The van der Waals surface area contributed by atoms with E-state index in [4.69, 9.17) is 0 Å². The lowest BCUT2D eigenvalue weighted by Crippen LogP contribution is -2.51. The van der Waals surface area contributed by atoms with Crippen molar-refractivity contribution in [3.63, 3.8) is 0 Å². The number of amides is 3. The quantitative estimate of drug-likeness (QED) is 0.684. The molecule has 8 nitrogen and oxygen atoms in total. The maximum atomic E-state index is 13.3. The van der Waals surface area contributed by atoms with Crippen molar-refractivity contribution in [2.75, 3.05) is 11.4 Å². The van der Waals surface area contributed by atoms with Gasteiger partial charge >= 0.3 is 0 Å². The van der Waals surface area contributed by atoms with Crippen molar-refractivity contribution >= 4 is 23.4 Å². The van der Waals surface area contributed by atoms with Crippen LogP contribution in [0.4, 0.5) is 5.69 Å². The number of anilines is 1. The van der Waals surface area contributed by atoms with Crippen molar-refractivity contribution < 1.29 is 14.4 Å². The predicted molar refractivity (Wildman–Crippen MR) is 113 cm³/mol. The van der Waals surface area contributed by atoms with Gasteiger partial charge in [0.15, 0.2) is 0 Å². The lowest BCUT2D eigenvalue weighted by Gasteiger charge is -2.40. The molecule has 0 fully saturated rings. The molecule has 8 heteroatoms. The van der Waals surface area contributed by atoms with Crippen LogP contribution in [0.2, 0.25) is 0 Å². The number of nitrogens with one attached hydrogen (secondary N) is 2. The standard InChI is InChI=1S/C23H21N5O3/c1-13-18(14(2)26-25-13)11-24-20(29)12-27-21-15-7-3-4-8-16(15)23(31)28(21)19-10-6-5-9-17(19)22(27)30/h3-10,21H,11-12H2,1-2H3,(H,24,29)(H,25,26)/t21-/m0/s1. The highest BCUT2D eigenvalue weighted by molar-refractivity contribution is 6.17. The zero-order valence-corrected chi connectivity index (χ0v) is 17.2. The Labute approximate surface area is 178 Å². The Morgan fingerprint density at radius 3 is 2.48 bits per heavy atom. The second kappa shape index (κ2) is 7.09. The molecular formula is C23H21N5O3. The molecule has 0 saturated carbocycles. The number of carbonyl (C=O) groups excluding carboxylic acids is 3. The van der Waals surface area contributed by atoms with E-state index in [1.54, 1.807) is 41.3 Å². The van der Waals surface area contributed by atoms with Gasteiger partial charge in [0.05, 0.1) is 16.9 Å². The molecule has 0 aliphatic carbocycles. The highest BCUT2D eigenvalue weighted by Crippen LogP contribution is 2.44. The van der Waals surface area contributed by atoms with Gasteiger partial charge in [-0.05, 0) is 32.0 Å². The third-order valence-electron chi connectivity index (χ3n) is 5.94. The smallest absolute Gasteiger partial charge is 0.260 e. The maximum absolute atomic E-state index is 13.3. The fourth-order valence-electron chi connectivity index (χ4n) is 4.37. The summed E-state index contributed by atoms with van der Waals surface area (Å²) in [7, 11) is 0. The Kier molecular flexibility index (Phi) is 4.35. The first-order valence-electron chi connectivity index (χ1n) is 10.1. The van der Waals surface area contributed by atoms with Gasteiger partial charge in [0.1, 0.15) is 12.7 Å². The van der Waals surface area contributed by atoms with Crippen LogP contribution in [0.25, 0.3) is 0 Å². The van der Waals surface area contributed by atoms with Gasteiger partial charge in [0.2, 0.25) is 5.91 Å². The molecule has 2 aliphatic heterocycles. The van der Waals surface area contributed by atoms with Crippen LogP contribution in [-0.2, 0) is 11.3 Å². The average Bonchev–Trinajstić information content (AvgIpc) is 3.26. The number of H-pyrrole nitrogens is 1. The van der Waals surface area contributed by atoms with Crippen LogP contribution in [-0.4, -0.2) is 39.4 Å². The highest BCUT2D eigenvalue weighted by Gasteiger charge is 2.47. The number of hydrogen-bond acceptors (Lipinski definition) is 4. The third kappa shape index (κ3) is 2.91. The molecule has 5 rings (SSSR count). The number of carbonyl (C=O) groups is 3. The number of aromatic amines is 1. The Hall–Kier alpha value is -3.94. The fourth-order valence-corrected chi connectivity index (χ4v) is 4.37. The molecule has 0 saturated heterocycles. The average molecular weight is 415 g/mol. The number of para-hydroxylation sites is 1. The van der Waals surface area contributed by atoms with E-state index in [9.17, 15) is 14.4 Å². The first-order valence-corrected chi connectivity index (χ1v) is 10.1. The Bertz CT molecular complexity index is 1210. The summed E-state index contributed by atoms with van der Waals surface area (Å²) in [6, 6.07) is 14.2. The molecule has 2 N–H and O–H groups in total. The van der Waals surface area contributed by atoms with Crippen molar-refractivity contribution in [2.24, 2.45) is 0 Å². The van der Waals surface area contributed by atoms with Crippen molar-refractivity contribution in [3.05, 3.63) is 82.2 Å². The van der Waals surface area contributed by atoms with Crippen LogP contribution in [0.3, 0.4) is 0 Å². The summed E-state index contributed by atoms with van der Waals surface area (Å²) in [6.45, 7) is 3.92. The molecule has 156 valence electrons. The topological polar surface area (TPSA) is 98.4 Å². The largest absolute Gasteiger partial charge is 0.350 e. The highest BCUT2D eigenvalue weighted by atomic mass is 16.2. The maximum Gasteiger partial charge on any atom is 0.260 e. The van der Waals surface area contributed by atoms with E-state index >= 15 is 0 Å². The van der Waals surface area contributed by atoms with E-state index in [1.807, 2.05) is 26.0 Å². The molecule has 1 aromatic heterocycles. The molecule has 3 amide bonds. The predicted octanol–water partition coefficient (Wildman–Crippen LogP) is 2.46. The Morgan fingerprint density at radius 2 is 1.74 bits per heavy atom. The number of hydrogen-bond donors (Lipinski definition) is 2. The zero-order valence-electron chi connectivity index (χ0n) is 17.2. The zero-order chi connectivity index (χ0) is 21.7. The number of rotatable bonds is 4. The first kappa shape index (κ1) is 19.0. The molecule has 1 atom stereocenters. The molecule has 0 unspecified atom stereocenters. The van der Waals surface area contributed by atoms with Crippen LogP contribution in [0.15, 0.2) is 48.5 Å². The lowest BCUT2D eigenvalue weighted by molar-refractivity contribution is -0.122. The summed E-state index contributed by atoms with van der Waals surface area (Å²) in [5, 5.41) is 9.91. The van der Waals surface area contributed by atoms with Crippen LogP contribution >= 0.6 is 0 Å². The van der Waals surface area contributed by atoms with E-state index in [0.29, 0.717) is 23.4 Å². The van der Waals surface area contributed by atoms with Crippen LogP contribution in [0.1, 0.15) is 49.4 Å². The van der Waals surface area contributed by atoms with Gasteiger partial charge in [-0.15, -0.1) is 0 Å². The number of aryl methyl sites for hydroxylation is 2. The van der Waals surface area contributed by atoms with Crippen molar-refractivity contribution in [1.29, 1.82) is 0 Å². The van der Waals surface area contributed by atoms with Gasteiger partial charge in [0, 0.05) is 28.9 Å². The summed E-state index contributed by atoms with van der Waals surface area (Å²) >= 11 is 0. The minimum atomic E-state index is -0.644. The number of fused-ring (bicyclic) bond motifs is 5. The normalized spacial score (nSPS) is 16.8. The van der Waals surface area contributed by atoms with Gasteiger partial charge in [-0.1, -0.05) is 30.3 Å². The first-order chi connectivity index (χ1) is 15.0. The molecule has 0 bridgehead atoms. The SMILES string of the molecule is Cc1n[nH]c(C)c1CNC(=O)CN1C(=O)c2ccccc2N2C(=O)c3ccccc3[C@@H]12. The van der Waals surface area contributed by atoms with E-state index in [2.05, 4.69) is 15.5 Å². The molecule has 31 heavy (non-hydrogen) atoms. The second-order valence-corrected chi connectivity index (χ2v) is 7.78. The van der Waals surface area contributed by atoms with Gasteiger partial charge in [-0.3, -0.25) is 24.4 Å². The van der Waals surface area contributed by atoms with E-state index < -0.39 is 6.17 Å². The van der Waals surface area contributed by atoms with Crippen molar-refractivity contribution in [1.82, 2.24) is 20.4 Å². The number of benzene rings is 2. The Morgan fingerprint density at radius 1 is 1.03 bits per heavy atom. The fraction of sp³-hybridized carbons (Fsp3) is 0.217. The Balaban J connectivity index is 1.47. The summed E-state index contributed by atoms with van der Waals surface area (Å²) < 4.78 is 0. The summed E-state index contributed by atoms with van der Waals surface area (Å²) in [4.78, 5) is 42.4. The minimum absolute atomic E-state index is 0.161. The molecule has 3 aromatic rings. The van der Waals surface area contributed by atoms with E-state index in [-0.39, 0.29) is 24.3 Å². The van der Waals surface area contributed by atoms with Crippen molar-refractivity contribution in [3.8, 4) is 0 Å². The van der Waals surface area contributed by atoms with Crippen LogP contribution in [0, 0.1) is 13.8 Å². The van der Waals surface area contributed by atoms with E-state index in [0.717, 1.165) is 22.5 Å². The summed E-state index contributed by atoms with van der Waals surface area (Å²) in [5.74, 6) is -0.743. The van der Waals surface area contributed by atoms with Gasteiger partial charge in [-0.25, -0.2) is 0 Å². The lowest BCUT2D eigenvalue weighted by atomic mass is 10.0. The molecule has 0 spiro atoms. The van der Waals surface area contributed by atoms with Crippen LogP contribution < -0.4 is 10.2 Å². The molecule has 2 aliphatic rings. The van der Waals surface area contributed by atoms with Crippen molar-refractivity contribution in [2.45, 2.75) is 26.6 Å². The van der Waals surface area contributed by atoms with Gasteiger partial charge < -0.3 is 10.2 Å². The second-order valence-electron chi connectivity index (χ2n) is 7.78. The molecular weight excluding hydrogens is 394 g/mol. The van der Waals surface area contributed by atoms with Gasteiger partial charge in [-0.2, -0.15) is 5.10 Å². The molecule has 2 aromatic carbocycles. The summed E-state index contributed by atoms with van der Waals surface area (Å²) in [5.41, 5.74) is 4.89.